The molecule has 0 unspecified atom stereocenters. The molecule has 2 aromatic carbocycles. The number of pyridine rings is 1. The zero-order valence-electron chi connectivity index (χ0n) is 20.2. The van der Waals surface area contributed by atoms with Crippen molar-refractivity contribution in [2.45, 2.75) is 59.6 Å². The van der Waals surface area contributed by atoms with Crippen molar-refractivity contribution in [3.05, 3.63) is 65.7 Å². The van der Waals surface area contributed by atoms with Crippen LogP contribution in [0.5, 0.6) is 0 Å². The summed E-state index contributed by atoms with van der Waals surface area (Å²) in [6, 6.07) is 19.9. The van der Waals surface area contributed by atoms with Crippen LogP contribution < -0.4 is 5.32 Å². The Morgan fingerprint density at radius 3 is 2.33 bits per heavy atom. The van der Waals surface area contributed by atoms with Crippen molar-refractivity contribution >= 4 is 16.9 Å². The number of nitrogens with one attached hydrogen (secondary N) is 1. The van der Waals surface area contributed by atoms with Gasteiger partial charge in [0.05, 0.1) is 28.3 Å². The van der Waals surface area contributed by atoms with E-state index in [-0.39, 0.29) is 5.97 Å². The average molecular weight is 444 g/mol. The maximum absolute atomic E-state index is 12.9. The molecule has 1 N–H and O–H groups in total. The van der Waals surface area contributed by atoms with E-state index in [2.05, 4.69) is 29.6 Å². The van der Waals surface area contributed by atoms with Crippen LogP contribution in [0.4, 0.5) is 0 Å². The molecule has 0 bridgehead atoms. The van der Waals surface area contributed by atoms with Crippen LogP contribution in [0.15, 0.2) is 54.6 Å². The van der Waals surface area contributed by atoms with Gasteiger partial charge in [-0.15, -0.1) is 0 Å². The van der Waals surface area contributed by atoms with Gasteiger partial charge in [0.2, 0.25) is 0 Å². The summed E-state index contributed by atoms with van der Waals surface area (Å²) in [6.45, 7) is 11.0. The molecule has 0 radical (unpaired) electrons. The highest BCUT2D eigenvalue weighted by molar-refractivity contribution is 5.82. The SMILES string of the molecule is CCC(CC)(CNCc1ccc2nc(-c3ccc(C#N)cc3)ccc2c1)C(=O)OC(C)(C)C. The second-order valence-electron chi connectivity index (χ2n) is 9.51. The van der Waals surface area contributed by atoms with E-state index >= 15 is 0 Å². The van der Waals surface area contributed by atoms with Gasteiger partial charge in [-0.2, -0.15) is 5.26 Å². The number of nitriles is 1. The zero-order valence-corrected chi connectivity index (χ0v) is 20.2. The lowest BCUT2D eigenvalue weighted by atomic mass is 9.82. The van der Waals surface area contributed by atoms with E-state index in [4.69, 9.17) is 15.0 Å². The first-order valence-electron chi connectivity index (χ1n) is 11.5. The van der Waals surface area contributed by atoms with Crippen LogP contribution in [0, 0.1) is 16.7 Å². The molecule has 0 aliphatic rings. The van der Waals surface area contributed by atoms with E-state index in [1.807, 2.05) is 58.9 Å². The summed E-state index contributed by atoms with van der Waals surface area (Å²) in [5, 5.41) is 13.5. The van der Waals surface area contributed by atoms with Crippen LogP contribution in [-0.4, -0.2) is 23.1 Å². The number of hydrogen-bond acceptors (Lipinski definition) is 5. The normalized spacial score (nSPS) is 11.9. The summed E-state index contributed by atoms with van der Waals surface area (Å²) in [5.41, 5.74) is 3.55. The van der Waals surface area contributed by atoms with Gasteiger partial charge in [0.1, 0.15) is 5.60 Å². The third kappa shape index (κ3) is 5.97. The Morgan fingerprint density at radius 2 is 1.73 bits per heavy atom. The second-order valence-corrected chi connectivity index (χ2v) is 9.51. The molecular weight excluding hydrogens is 410 g/mol. The molecule has 3 aromatic rings. The number of fused-ring (bicyclic) bond motifs is 1. The standard InChI is InChI=1S/C28H33N3O2/c1-6-28(7-2,26(32)33-27(3,4)5)19-30-18-21-10-14-25-23(16-21)13-15-24(31-25)22-11-8-20(17-29)9-12-22/h8-16,30H,6-7,18-19H2,1-5H3. The molecule has 0 aliphatic heterocycles. The smallest absolute Gasteiger partial charge is 0.313 e. The second kappa shape index (κ2) is 10.1. The van der Waals surface area contributed by atoms with Crippen molar-refractivity contribution in [1.29, 1.82) is 5.26 Å². The molecular formula is C28H33N3O2. The monoisotopic (exact) mass is 443 g/mol. The molecule has 3 rings (SSSR count). The van der Waals surface area contributed by atoms with Crippen molar-refractivity contribution in [2.24, 2.45) is 5.41 Å². The fourth-order valence-electron chi connectivity index (χ4n) is 3.85. The van der Waals surface area contributed by atoms with Crippen LogP contribution in [0.25, 0.3) is 22.2 Å². The number of carbonyl (C=O) groups is 1. The number of hydrogen-bond donors (Lipinski definition) is 1. The van der Waals surface area contributed by atoms with Crippen LogP contribution in [0.2, 0.25) is 0 Å². The molecule has 172 valence electrons. The minimum atomic E-state index is -0.526. The minimum Gasteiger partial charge on any atom is -0.460 e. The Morgan fingerprint density at radius 1 is 1.03 bits per heavy atom. The maximum atomic E-state index is 12.9. The van der Waals surface area contributed by atoms with Gasteiger partial charge in [-0.3, -0.25) is 4.79 Å². The summed E-state index contributed by atoms with van der Waals surface area (Å²) in [7, 11) is 0. The molecule has 0 atom stereocenters. The first-order valence-corrected chi connectivity index (χ1v) is 11.5. The number of nitrogens with zero attached hydrogens (tertiary/aromatic N) is 2. The quantitative estimate of drug-likeness (QED) is 0.431. The number of rotatable bonds is 8. The molecule has 0 saturated carbocycles. The van der Waals surface area contributed by atoms with Crippen LogP contribution in [-0.2, 0) is 16.1 Å². The number of esters is 1. The van der Waals surface area contributed by atoms with Gasteiger partial charge in [-0.25, -0.2) is 4.98 Å². The largest absolute Gasteiger partial charge is 0.460 e. The van der Waals surface area contributed by atoms with Gasteiger partial charge in [0.15, 0.2) is 0 Å². The summed E-state index contributed by atoms with van der Waals surface area (Å²) in [5.74, 6) is -0.134. The van der Waals surface area contributed by atoms with Crippen molar-refractivity contribution in [3.8, 4) is 17.3 Å². The van der Waals surface area contributed by atoms with Gasteiger partial charge in [0, 0.05) is 24.0 Å². The molecule has 0 fully saturated rings. The summed E-state index contributed by atoms with van der Waals surface area (Å²) < 4.78 is 5.70. The van der Waals surface area contributed by atoms with E-state index in [0.29, 0.717) is 18.7 Å². The molecule has 1 aromatic heterocycles. The molecule has 0 saturated heterocycles. The molecule has 33 heavy (non-hydrogen) atoms. The Bertz CT molecular complexity index is 1150. The fraction of sp³-hybridized carbons (Fsp3) is 0.393. The Labute approximate surface area is 196 Å². The van der Waals surface area contributed by atoms with E-state index in [1.54, 1.807) is 12.1 Å². The van der Waals surface area contributed by atoms with Crippen molar-refractivity contribution in [2.75, 3.05) is 6.54 Å². The Balaban J connectivity index is 1.70. The van der Waals surface area contributed by atoms with E-state index < -0.39 is 11.0 Å². The lowest BCUT2D eigenvalue weighted by Gasteiger charge is -2.33. The van der Waals surface area contributed by atoms with Gasteiger partial charge in [-0.1, -0.05) is 38.1 Å². The lowest BCUT2D eigenvalue weighted by molar-refractivity contribution is -0.168. The molecule has 0 amide bonds. The summed E-state index contributed by atoms with van der Waals surface area (Å²) >= 11 is 0. The predicted molar refractivity (Wildman–Crippen MR) is 132 cm³/mol. The fourth-order valence-corrected chi connectivity index (χ4v) is 3.85. The third-order valence-corrected chi connectivity index (χ3v) is 6.04. The Kier molecular flexibility index (Phi) is 7.50. The van der Waals surface area contributed by atoms with Gasteiger partial charge in [0.25, 0.3) is 0 Å². The van der Waals surface area contributed by atoms with Gasteiger partial charge < -0.3 is 10.1 Å². The molecule has 0 aliphatic carbocycles. The van der Waals surface area contributed by atoms with Crippen molar-refractivity contribution < 1.29 is 9.53 Å². The molecule has 0 spiro atoms. The molecule has 5 heteroatoms. The number of ether oxygens (including phenoxy) is 1. The maximum Gasteiger partial charge on any atom is 0.313 e. The zero-order chi connectivity index (χ0) is 24.1. The predicted octanol–water partition coefficient (Wildman–Crippen LogP) is 6.01. The first kappa shape index (κ1) is 24.4. The van der Waals surface area contributed by atoms with Crippen LogP contribution in [0.3, 0.4) is 0 Å². The van der Waals surface area contributed by atoms with Gasteiger partial charge in [-0.05, 0) is 69.5 Å². The minimum absolute atomic E-state index is 0.134. The van der Waals surface area contributed by atoms with E-state index in [1.165, 1.54) is 0 Å². The van der Waals surface area contributed by atoms with E-state index in [0.717, 1.165) is 40.6 Å². The summed E-state index contributed by atoms with van der Waals surface area (Å²) in [6.07, 6.45) is 1.45. The lowest BCUT2D eigenvalue weighted by Crippen LogP contribution is -2.43. The van der Waals surface area contributed by atoms with Crippen LogP contribution >= 0.6 is 0 Å². The highest BCUT2D eigenvalue weighted by atomic mass is 16.6. The number of carbonyl (C=O) groups excluding carboxylic acids is 1. The highest BCUT2D eigenvalue weighted by Crippen LogP contribution is 2.30. The summed E-state index contributed by atoms with van der Waals surface area (Å²) in [4.78, 5) is 17.6. The molecule has 1 heterocycles. The Hall–Kier alpha value is -3.23. The van der Waals surface area contributed by atoms with E-state index in [9.17, 15) is 4.79 Å². The van der Waals surface area contributed by atoms with Gasteiger partial charge >= 0.3 is 5.97 Å². The average Bonchev–Trinajstić information content (AvgIpc) is 2.80. The van der Waals surface area contributed by atoms with Crippen LogP contribution in [0.1, 0.15) is 58.6 Å². The third-order valence-electron chi connectivity index (χ3n) is 6.04. The number of benzene rings is 2. The highest BCUT2D eigenvalue weighted by Gasteiger charge is 2.38. The molecule has 5 nitrogen and oxygen atoms in total. The number of aromatic nitrogens is 1. The van der Waals surface area contributed by atoms with Crippen molar-refractivity contribution in [1.82, 2.24) is 10.3 Å². The first-order chi connectivity index (χ1) is 15.7. The topological polar surface area (TPSA) is 75.0 Å². The van der Waals surface area contributed by atoms with Crippen molar-refractivity contribution in [3.63, 3.8) is 0 Å².